The summed E-state index contributed by atoms with van der Waals surface area (Å²) >= 11 is 0. The Hall–Kier alpha value is -3.53. The van der Waals surface area contributed by atoms with Gasteiger partial charge in [0.2, 0.25) is 5.78 Å². The van der Waals surface area contributed by atoms with Crippen molar-refractivity contribution in [2.24, 2.45) is 0 Å². The average molecular weight is 396 g/mol. The van der Waals surface area contributed by atoms with Gasteiger partial charge in [-0.25, -0.2) is 4.79 Å². The van der Waals surface area contributed by atoms with E-state index >= 15 is 0 Å². The maximum atomic E-state index is 13.2. The molecule has 0 radical (unpaired) electrons. The number of ether oxygens (including phenoxy) is 3. The second-order valence-electron chi connectivity index (χ2n) is 6.16. The van der Waals surface area contributed by atoms with Crippen molar-refractivity contribution in [3.63, 3.8) is 0 Å². The molecule has 0 atom stereocenters. The lowest BCUT2D eigenvalue weighted by Crippen LogP contribution is -2.13. The molecule has 0 bridgehead atoms. The first kappa shape index (κ1) is 21.8. The lowest BCUT2D eigenvalue weighted by molar-refractivity contribution is 0.0523. The van der Waals surface area contributed by atoms with Crippen molar-refractivity contribution in [2.45, 2.75) is 27.7 Å². The number of rotatable bonds is 8. The van der Waals surface area contributed by atoms with Crippen LogP contribution in [0.3, 0.4) is 0 Å². The van der Waals surface area contributed by atoms with Crippen molar-refractivity contribution in [3.05, 3.63) is 51.9 Å². The molecule has 0 aliphatic rings. The molecule has 2 rings (SSSR count). The molecule has 7 nitrogen and oxygen atoms in total. The van der Waals surface area contributed by atoms with Crippen molar-refractivity contribution >= 4 is 17.8 Å². The van der Waals surface area contributed by atoms with E-state index in [0.717, 1.165) is 0 Å². The number of Topliss-reactive ketones (excluding diaryl/α,β-unsaturated/α-hetero) is 1. The molecule has 1 aromatic carbocycles. The number of H-pyrrole nitrogens is 1. The standard InChI is InChI=1S/C22H24N2O5/c1-6-28-17-10-8-9-15(21(17)27-5)11-16(12-23)20(25)18-13(3)24-14(4)19(18)22(26)29-7-2/h8-11,24H,6-7H2,1-5H3/b16-11+. The van der Waals surface area contributed by atoms with E-state index in [0.29, 0.717) is 35.1 Å². The molecule has 152 valence electrons. The highest BCUT2D eigenvalue weighted by molar-refractivity contribution is 6.19. The lowest BCUT2D eigenvalue weighted by atomic mass is 9.97. The monoisotopic (exact) mass is 396 g/mol. The molecule has 7 heteroatoms. The Morgan fingerprint density at radius 3 is 2.41 bits per heavy atom. The minimum Gasteiger partial charge on any atom is -0.492 e. The summed E-state index contributed by atoms with van der Waals surface area (Å²) in [6.07, 6.45) is 1.43. The topological polar surface area (TPSA) is 101 Å². The summed E-state index contributed by atoms with van der Waals surface area (Å²) in [5.41, 5.74) is 1.67. The van der Waals surface area contributed by atoms with E-state index in [2.05, 4.69) is 4.98 Å². The number of aromatic nitrogens is 1. The number of hydrogen-bond donors (Lipinski definition) is 1. The van der Waals surface area contributed by atoms with Crippen LogP contribution in [-0.4, -0.2) is 37.1 Å². The first-order valence-electron chi connectivity index (χ1n) is 9.22. The molecule has 29 heavy (non-hydrogen) atoms. The van der Waals surface area contributed by atoms with Gasteiger partial charge in [-0.15, -0.1) is 0 Å². The summed E-state index contributed by atoms with van der Waals surface area (Å²) in [5, 5.41) is 9.65. The molecule has 1 aromatic heterocycles. The Morgan fingerprint density at radius 1 is 1.14 bits per heavy atom. The maximum Gasteiger partial charge on any atom is 0.340 e. The van der Waals surface area contributed by atoms with Crippen molar-refractivity contribution < 1.29 is 23.8 Å². The zero-order valence-corrected chi connectivity index (χ0v) is 17.2. The van der Waals surface area contributed by atoms with Crippen molar-refractivity contribution in [3.8, 4) is 17.6 Å². The number of aryl methyl sites for hydroxylation is 2. The number of nitrogens with zero attached hydrogens (tertiary/aromatic N) is 1. The number of aromatic amines is 1. The zero-order valence-electron chi connectivity index (χ0n) is 17.2. The highest BCUT2D eigenvalue weighted by atomic mass is 16.5. The number of carbonyl (C=O) groups is 2. The highest BCUT2D eigenvalue weighted by Gasteiger charge is 2.27. The number of nitrogens with one attached hydrogen (secondary N) is 1. The lowest BCUT2D eigenvalue weighted by Gasteiger charge is -2.12. The van der Waals surface area contributed by atoms with Gasteiger partial charge >= 0.3 is 5.97 Å². The second-order valence-corrected chi connectivity index (χ2v) is 6.16. The normalized spacial score (nSPS) is 11.0. The number of allylic oxidation sites excluding steroid dienone is 1. The summed E-state index contributed by atoms with van der Waals surface area (Å²) in [4.78, 5) is 28.5. The van der Waals surface area contributed by atoms with E-state index in [9.17, 15) is 14.9 Å². The molecule has 2 aromatic rings. The van der Waals surface area contributed by atoms with Gasteiger partial charge < -0.3 is 19.2 Å². The molecule has 0 aliphatic carbocycles. The van der Waals surface area contributed by atoms with Gasteiger partial charge in [-0.3, -0.25) is 4.79 Å². The summed E-state index contributed by atoms with van der Waals surface area (Å²) in [7, 11) is 1.49. The Kier molecular flexibility index (Phi) is 7.21. The third-order valence-corrected chi connectivity index (χ3v) is 4.26. The number of ketones is 1. The van der Waals surface area contributed by atoms with Crippen LogP contribution in [0.5, 0.6) is 11.5 Å². The van der Waals surface area contributed by atoms with Crippen LogP contribution < -0.4 is 9.47 Å². The minimum atomic E-state index is -0.606. The average Bonchev–Trinajstić information content (AvgIpc) is 3.00. The molecule has 0 aliphatic heterocycles. The van der Waals surface area contributed by atoms with E-state index < -0.39 is 11.8 Å². The predicted molar refractivity (Wildman–Crippen MR) is 108 cm³/mol. The number of carbonyl (C=O) groups excluding carboxylic acids is 2. The molecule has 0 saturated carbocycles. The third kappa shape index (κ3) is 4.49. The maximum absolute atomic E-state index is 13.2. The number of para-hydroxylation sites is 1. The number of methoxy groups -OCH3 is 1. The van der Waals surface area contributed by atoms with Crippen LogP contribution in [-0.2, 0) is 4.74 Å². The second kappa shape index (κ2) is 9.60. The fourth-order valence-corrected chi connectivity index (χ4v) is 3.10. The first-order valence-corrected chi connectivity index (χ1v) is 9.22. The summed E-state index contributed by atoms with van der Waals surface area (Å²) < 4.78 is 16.0. The molecular formula is C22H24N2O5. The van der Waals surface area contributed by atoms with Crippen LogP contribution in [0.15, 0.2) is 23.8 Å². The van der Waals surface area contributed by atoms with Gasteiger partial charge in [-0.1, -0.05) is 12.1 Å². The quantitative estimate of drug-likeness (QED) is 0.313. The van der Waals surface area contributed by atoms with Crippen LogP contribution in [0, 0.1) is 25.2 Å². The van der Waals surface area contributed by atoms with Gasteiger partial charge in [0.25, 0.3) is 0 Å². The molecule has 0 saturated heterocycles. The van der Waals surface area contributed by atoms with Gasteiger partial charge in [0, 0.05) is 17.0 Å². The van der Waals surface area contributed by atoms with E-state index in [1.807, 2.05) is 13.0 Å². The fraction of sp³-hybridized carbons (Fsp3) is 0.318. The van der Waals surface area contributed by atoms with Gasteiger partial charge in [-0.05, 0) is 39.8 Å². The minimum absolute atomic E-state index is 0.133. The molecule has 0 unspecified atom stereocenters. The number of nitriles is 1. The summed E-state index contributed by atoms with van der Waals surface area (Å²) in [5.74, 6) is -0.246. The Morgan fingerprint density at radius 2 is 1.83 bits per heavy atom. The van der Waals surface area contributed by atoms with Crippen LogP contribution in [0.2, 0.25) is 0 Å². The SMILES string of the molecule is CCOC(=O)c1c(C)[nH]c(C)c1C(=O)/C(C#N)=C/c1cccc(OCC)c1OC. The Bertz CT molecular complexity index is 995. The molecule has 1 heterocycles. The van der Waals surface area contributed by atoms with Gasteiger partial charge in [0.1, 0.15) is 11.6 Å². The van der Waals surface area contributed by atoms with Gasteiger partial charge in [-0.2, -0.15) is 5.26 Å². The van der Waals surface area contributed by atoms with Gasteiger partial charge in [0.05, 0.1) is 31.5 Å². The van der Waals surface area contributed by atoms with E-state index in [1.165, 1.54) is 13.2 Å². The van der Waals surface area contributed by atoms with Gasteiger partial charge in [0.15, 0.2) is 11.5 Å². The molecule has 1 N–H and O–H groups in total. The summed E-state index contributed by atoms with van der Waals surface area (Å²) in [6, 6.07) is 7.14. The van der Waals surface area contributed by atoms with Crippen LogP contribution in [0.25, 0.3) is 6.08 Å². The van der Waals surface area contributed by atoms with Crippen LogP contribution >= 0.6 is 0 Å². The largest absolute Gasteiger partial charge is 0.492 e. The summed E-state index contributed by atoms with van der Waals surface area (Å²) in [6.45, 7) is 7.51. The van der Waals surface area contributed by atoms with Crippen molar-refractivity contribution in [1.82, 2.24) is 4.98 Å². The number of hydrogen-bond acceptors (Lipinski definition) is 6. The molecule has 0 fully saturated rings. The smallest absolute Gasteiger partial charge is 0.340 e. The van der Waals surface area contributed by atoms with Crippen LogP contribution in [0.1, 0.15) is 51.5 Å². The Labute approximate surface area is 169 Å². The highest BCUT2D eigenvalue weighted by Crippen LogP contribution is 2.33. The first-order chi connectivity index (χ1) is 13.9. The molecule has 0 spiro atoms. The number of benzene rings is 1. The van der Waals surface area contributed by atoms with E-state index in [1.54, 1.807) is 39.0 Å². The Balaban J connectivity index is 2.58. The number of esters is 1. The van der Waals surface area contributed by atoms with Crippen LogP contribution in [0.4, 0.5) is 0 Å². The zero-order chi connectivity index (χ0) is 21.6. The van der Waals surface area contributed by atoms with Crippen molar-refractivity contribution in [1.29, 1.82) is 5.26 Å². The molecular weight excluding hydrogens is 372 g/mol. The van der Waals surface area contributed by atoms with Crippen molar-refractivity contribution in [2.75, 3.05) is 20.3 Å². The third-order valence-electron chi connectivity index (χ3n) is 4.26. The fourth-order valence-electron chi connectivity index (χ4n) is 3.10. The predicted octanol–water partition coefficient (Wildman–Crippen LogP) is 4.01. The molecule has 0 amide bonds. The van der Waals surface area contributed by atoms with E-state index in [4.69, 9.17) is 14.2 Å². The van der Waals surface area contributed by atoms with E-state index in [-0.39, 0.29) is 23.3 Å².